The summed E-state index contributed by atoms with van der Waals surface area (Å²) in [5.41, 5.74) is 6.85. The molecule has 2 rings (SSSR count). The van der Waals surface area contributed by atoms with Crippen molar-refractivity contribution in [3.05, 3.63) is 64.7 Å². The highest BCUT2D eigenvalue weighted by Crippen LogP contribution is 2.12. The lowest BCUT2D eigenvalue weighted by Crippen LogP contribution is -2.24. The third-order valence-corrected chi connectivity index (χ3v) is 3.18. The maximum absolute atomic E-state index is 11.7. The highest BCUT2D eigenvalue weighted by molar-refractivity contribution is 5.84. The second-order valence-corrected chi connectivity index (χ2v) is 5.26. The molecule has 0 radical (unpaired) electrons. The molecule has 4 heteroatoms. The number of benzene rings is 2. The van der Waals surface area contributed by atoms with Gasteiger partial charge >= 0.3 is 0 Å². The zero-order valence-corrected chi connectivity index (χ0v) is 13.1. The van der Waals surface area contributed by atoms with E-state index in [2.05, 4.69) is 16.6 Å². The molecule has 0 saturated heterocycles. The first kappa shape index (κ1) is 15.8. The summed E-state index contributed by atoms with van der Waals surface area (Å²) in [5.74, 6) is 0.385. The van der Waals surface area contributed by atoms with E-state index in [0.717, 1.165) is 16.7 Å². The number of ether oxygens (including phenoxy) is 1. The molecule has 0 saturated carbocycles. The van der Waals surface area contributed by atoms with E-state index in [1.807, 2.05) is 57.2 Å². The molecule has 0 aliphatic rings. The fourth-order valence-corrected chi connectivity index (χ4v) is 2.03. The maximum atomic E-state index is 11.7. The molecule has 0 atom stereocenters. The molecule has 0 aliphatic heterocycles. The van der Waals surface area contributed by atoms with Crippen molar-refractivity contribution in [3.63, 3.8) is 0 Å². The van der Waals surface area contributed by atoms with Gasteiger partial charge in [0, 0.05) is 0 Å². The number of amides is 1. The van der Waals surface area contributed by atoms with Crippen molar-refractivity contribution in [2.75, 3.05) is 6.61 Å². The standard InChI is InChI=1S/C18H20N2O2/c1-13-5-4-6-17(10-13)22-12-18(21)20-19-11-16-8-7-14(2)9-15(16)3/h4-11H,12H2,1-3H3,(H,20,21)/b19-11-. The Hall–Kier alpha value is -2.62. The Balaban J connectivity index is 1.83. The van der Waals surface area contributed by atoms with Crippen LogP contribution < -0.4 is 10.2 Å². The number of rotatable bonds is 5. The first-order valence-electron chi connectivity index (χ1n) is 7.13. The molecule has 0 bridgehead atoms. The van der Waals surface area contributed by atoms with E-state index in [1.165, 1.54) is 5.56 Å². The molecule has 0 aliphatic carbocycles. The Bertz CT molecular complexity index is 693. The summed E-state index contributed by atoms with van der Waals surface area (Å²) in [6, 6.07) is 13.6. The van der Waals surface area contributed by atoms with Crippen molar-refractivity contribution in [2.24, 2.45) is 5.10 Å². The molecular weight excluding hydrogens is 276 g/mol. The fourth-order valence-electron chi connectivity index (χ4n) is 2.03. The minimum absolute atomic E-state index is 0.0618. The van der Waals surface area contributed by atoms with Crippen LogP contribution in [-0.2, 0) is 4.79 Å². The van der Waals surface area contributed by atoms with Crippen molar-refractivity contribution in [1.29, 1.82) is 0 Å². The Morgan fingerprint density at radius 3 is 2.64 bits per heavy atom. The highest BCUT2D eigenvalue weighted by atomic mass is 16.5. The Morgan fingerprint density at radius 2 is 1.91 bits per heavy atom. The second-order valence-electron chi connectivity index (χ2n) is 5.26. The van der Waals surface area contributed by atoms with E-state index in [0.29, 0.717) is 5.75 Å². The molecule has 2 aromatic carbocycles. The first-order chi connectivity index (χ1) is 10.5. The van der Waals surface area contributed by atoms with E-state index in [4.69, 9.17) is 4.74 Å². The molecule has 0 aromatic heterocycles. The van der Waals surface area contributed by atoms with Gasteiger partial charge in [0.1, 0.15) is 5.75 Å². The van der Waals surface area contributed by atoms with Crippen LogP contribution in [0.3, 0.4) is 0 Å². The lowest BCUT2D eigenvalue weighted by atomic mass is 10.1. The molecule has 2 aromatic rings. The van der Waals surface area contributed by atoms with E-state index < -0.39 is 0 Å². The highest BCUT2D eigenvalue weighted by Gasteiger charge is 2.01. The van der Waals surface area contributed by atoms with Crippen molar-refractivity contribution in [1.82, 2.24) is 5.43 Å². The topological polar surface area (TPSA) is 50.7 Å². The van der Waals surface area contributed by atoms with Crippen LogP contribution in [0.25, 0.3) is 0 Å². The molecule has 0 fully saturated rings. The van der Waals surface area contributed by atoms with Crippen LogP contribution >= 0.6 is 0 Å². The molecule has 1 amide bonds. The van der Waals surface area contributed by atoms with Gasteiger partial charge < -0.3 is 4.74 Å². The molecule has 114 valence electrons. The van der Waals surface area contributed by atoms with Gasteiger partial charge in [0.25, 0.3) is 5.91 Å². The van der Waals surface area contributed by atoms with Gasteiger partial charge in [-0.3, -0.25) is 4.79 Å². The largest absolute Gasteiger partial charge is 0.484 e. The van der Waals surface area contributed by atoms with Gasteiger partial charge in [0.15, 0.2) is 6.61 Å². The molecule has 0 spiro atoms. The lowest BCUT2D eigenvalue weighted by Gasteiger charge is -2.05. The van der Waals surface area contributed by atoms with Gasteiger partial charge in [-0.05, 0) is 49.6 Å². The van der Waals surface area contributed by atoms with E-state index in [-0.39, 0.29) is 12.5 Å². The van der Waals surface area contributed by atoms with E-state index in [1.54, 1.807) is 6.21 Å². The smallest absolute Gasteiger partial charge is 0.277 e. The van der Waals surface area contributed by atoms with Gasteiger partial charge in [-0.15, -0.1) is 0 Å². The minimum atomic E-state index is -0.289. The average Bonchev–Trinajstić information content (AvgIpc) is 2.47. The van der Waals surface area contributed by atoms with Crippen molar-refractivity contribution >= 4 is 12.1 Å². The van der Waals surface area contributed by atoms with Crippen LogP contribution in [0.4, 0.5) is 0 Å². The van der Waals surface area contributed by atoms with Crippen LogP contribution in [0.1, 0.15) is 22.3 Å². The number of hydrogen-bond acceptors (Lipinski definition) is 3. The summed E-state index contributed by atoms with van der Waals surface area (Å²) in [6.45, 7) is 5.96. The van der Waals surface area contributed by atoms with Crippen LogP contribution in [0.15, 0.2) is 47.6 Å². The monoisotopic (exact) mass is 296 g/mol. The van der Waals surface area contributed by atoms with Gasteiger partial charge in [-0.1, -0.05) is 35.9 Å². The molecule has 0 heterocycles. The summed E-state index contributed by atoms with van der Waals surface area (Å²) in [5, 5.41) is 3.96. The Labute approximate surface area is 130 Å². The summed E-state index contributed by atoms with van der Waals surface area (Å²) < 4.78 is 5.40. The third kappa shape index (κ3) is 4.74. The second kappa shape index (κ2) is 7.41. The van der Waals surface area contributed by atoms with Gasteiger partial charge in [-0.2, -0.15) is 5.10 Å². The molecular formula is C18H20N2O2. The number of carbonyl (C=O) groups excluding carboxylic acids is 1. The van der Waals surface area contributed by atoms with E-state index in [9.17, 15) is 4.79 Å². The summed E-state index contributed by atoms with van der Waals surface area (Å²) in [7, 11) is 0. The van der Waals surface area contributed by atoms with E-state index >= 15 is 0 Å². The van der Waals surface area contributed by atoms with Crippen LogP contribution in [-0.4, -0.2) is 18.7 Å². The first-order valence-corrected chi connectivity index (χ1v) is 7.13. The van der Waals surface area contributed by atoms with Crippen molar-refractivity contribution in [3.8, 4) is 5.75 Å². The number of nitrogens with one attached hydrogen (secondary N) is 1. The minimum Gasteiger partial charge on any atom is -0.484 e. The number of carbonyl (C=O) groups is 1. The number of nitrogens with zero attached hydrogens (tertiary/aromatic N) is 1. The Kier molecular flexibility index (Phi) is 5.31. The average molecular weight is 296 g/mol. The lowest BCUT2D eigenvalue weighted by molar-refractivity contribution is -0.123. The van der Waals surface area contributed by atoms with Gasteiger partial charge in [0.05, 0.1) is 6.21 Å². The van der Waals surface area contributed by atoms with Crippen LogP contribution in [0, 0.1) is 20.8 Å². The molecule has 4 nitrogen and oxygen atoms in total. The van der Waals surface area contributed by atoms with Crippen LogP contribution in [0.2, 0.25) is 0 Å². The van der Waals surface area contributed by atoms with Gasteiger partial charge in [-0.25, -0.2) is 5.43 Å². The summed E-state index contributed by atoms with van der Waals surface area (Å²) in [6.07, 6.45) is 1.64. The zero-order valence-electron chi connectivity index (χ0n) is 13.1. The normalized spacial score (nSPS) is 10.7. The third-order valence-electron chi connectivity index (χ3n) is 3.18. The number of hydrogen-bond donors (Lipinski definition) is 1. The summed E-state index contributed by atoms with van der Waals surface area (Å²) in [4.78, 5) is 11.7. The van der Waals surface area contributed by atoms with Crippen LogP contribution in [0.5, 0.6) is 5.75 Å². The molecule has 0 unspecified atom stereocenters. The predicted octanol–water partition coefficient (Wildman–Crippen LogP) is 3.14. The summed E-state index contributed by atoms with van der Waals surface area (Å²) >= 11 is 0. The SMILES string of the molecule is Cc1cccc(OCC(=O)N/N=C\c2ccc(C)cc2C)c1. The Morgan fingerprint density at radius 1 is 1.14 bits per heavy atom. The van der Waals surface area contributed by atoms with Gasteiger partial charge in [0.2, 0.25) is 0 Å². The maximum Gasteiger partial charge on any atom is 0.277 e. The number of aryl methyl sites for hydroxylation is 3. The van der Waals surface area contributed by atoms with Crippen molar-refractivity contribution < 1.29 is 9.53 Å². The molecule has 22 heavy (non-hydrogen) atoms. The predicted molar refractivity (Wildman–Crippen MR) is 88.3 cm³/mol. The van der Waals surface area contributed by atoms with Crippen molar-refractivity contribution in [2.45, 2.75) is 20.8 Å². The zero-order chi connectivity index (χ0) is 15.9. The fraction of sp³-hybridized carbons (Fsp3) is 0.222. The number of hydrazone groups is 1. The molecule has 1 N–H and O–H groups in total. The quantitative estimate of drug-likeness (QED) is 0.680.